The number of carbonyl (C=O) groups is 1. The molecule has 1 aromatic heterocycles. The summed E-state index contributed by atoms with van der Waals surface area (Å²) in [5.41, 5.74) is 2.49. The molecule has 3 aromatic rings. The van der Waals surface area contributed by atoms with E-state index in [0.29, 0.717) is 51.5 Å². The van der Waals surface area contributed by atoms with Crippen LogP contribution in [0.25, 0.3) is 0 Å². The predicted molar refractivity (Wildman–Crippen MR) is 148 cm³/mol. The Balaban J connectivity index is 1.17. The molecular weight excluding hydrogens is 516 g/mol. The van der Waals surface area contributed by atoms with Crippen molar-refractivity contribution in [1.29, 1.82) is 0 Å². The molecular formula is C28H28N6O6. The molecule has 40 heavy (non-hydrogen) atoms. The van der Waals surface area contributed by atoms with Crippen molar-refractivity contribution in [1.82, 2.24) is 9.47 Å². The Labute approximate surface area is 229 Å². The molecule has 2 atom stereocenters. The summed E-state index contributed by atoms with van der Waals surface area (Å²) in [6.45, 7) is 3.72. The van der Waals surface area contributed by atoms with Crippen LogP contribution in [0.4, 0.5) is 22.7 Å². The molecule has 0 aliphatic carbocycles. The summed E-state index contributed by atoms with van der Waals surface area (Å²) in [5.74, 6) is 0.0514. The lowest BCUT2D eigenvalue weighted by atomic mass is 9.83. The van der Waals surface area contributed by atoms with Gasteiger partial charge in [0, 0.05) is 92.9 Å². The Kier molecular flexibility index (Phi) is 6.45. The lowest BCUT2D eigenvalue weighted by Crippen LogP contribution is -2.49. The Morgan fingerprint density at radius 2 is 1.57 bits per heavy atom. The Hall–Kier alpha value is -4.74. The maximum Gasteiger partial charge on any atom is 0.293 e. The van der Waals surface area contributed by atoms with Crippen LogP contribution in [0, 0.1) is 26.1 Å². The molecule has 0 unspecified atom stereocenters. The molecule has 0 spiro atoms. The fourth-order valence-corrected chi connectivity index (χ4v) is 6.30. The van der Waals surface area contributed by atoms with E-state index in [9.17, 15) is 29.8 Å². The zero-order valence-electron chi connectivity index (χ0n) is 21.7. The van der Waals surface area contributed by atoms with Gasteiger partial charge in [0.2, 0.25) is 0 Å². The van der Waals surface area contributed by atoms with Gasteiger partial charge < -0.3 is 19.3 Å². The molecule has 3 aliphatic heterocycles. The molecule has 0 saturated carbocycles. The fourth-order valence-electron chi connectivity index (χ4n) is 6.30. The molecule has 2 saturated heterocycles. The van der Waals surface area contributed by atoms with Crippen LogP contribution in [0.15, 0.2) is 65.5 Å². The number of amides is 1. The quantitative estimate of drug-likeness (QED) is 0.353. The lowest BCUT2D eigenvalue weighted by Gasteiger charge is -2.43. The Bertz CT molecular complexity index is 1550. The number of benzene rings is 2. The highest BCUT2D eigenvalue weighted by atomic mass is 16.6. The first-order valence-corrected chi connectivity index (χ1v) is 13.3. The molecule has 3 aliphatic rings. The summed E-state index contributed by atoms with van der Waals surface area (Å²) in [5, 5.41) is 23.0. The largest absolute Gasteiger partial charge is 0.368 e. The number of piperazine rings is 1. The van der Waals surface area contributed by atoms with Gasteiger partial charge in [-0.2, -0.15) is 0 Å². The average Bonchev–Trinajstić information content (AvgIpc) is 2.97. The molecule has 0 radical (unpaired) electrons. The summed E-state index contributed by atoms with van der Waals surface area (Å²) in [6, 6.07) is 16.3. The van der Waals surface area contributed by atoms with Crippen molar-refractivity contribution in [3.05, 3.63) is 103 Å². The maximum absolute atomic E-state index is 13.3. The van der Waals surface area contributed by atoms with Gasteiger partial charge in [0.1, 0.15) is 5.69 Å². The molecule has 206 valence electrons. The summed E-state index contributed by atoms with van der Waals surface area (Å²) in [7, 11) is 0. The second-order valence-electron chi connectivity index (χ2n) is 10.6. The van der Waals surface area contributed by atoms with E-state index >= 15 is 0 Å². The molecule has 12 nitrogen and oxygen atoms in total. The van der Waals surface area contributed by atoms with E-state index in [1.165, 1.54) is 18.2 Å². The van der Waals surface area contributed by atoms with Crippen molar-refractivity contribution < 1.29 is 14.6 Å². The van der Waals surface area contributed by atoms with Crippen LogP contribution in [0.2, 0.25) is 0 Å². The van der Waals surface area contributed by atoms with E-state index in [2.05, 4.69) is 4.90 Å². The van der Waals surface area contributed by atoms with Crippen molar-refractivity contribution in [3.8, 4) is 0 Å². The Morgan fingerprint density at radius 3 is 2.27 bits per heavy atom. The first-order valence-electron chi connectivity index (χ1n) is 13.3. The van der Waals surface area contributed by atoms with Gasteiger partial charge in [0.05, 0.1) is 9.85 Å². The van der Waals surface area contributed by atoms with E-state index in [1.807, 2.05) is 15.5 Å². The average molecular weight is 545 g/mol. The number of piperidine rings is 1. The zero-order chi connectivity index (χ0) is 28.0. The van der Waals surface area contributed by atoms with E-state index in [0.717, 1.165) is 17.8 Å². The highest BCUT2D eigenvalue weighted by Gasteiger charge is 2.37. The number of hydrogen-bond acceptors (Lipinski definition) is 8. The summed E-state index contributed by atoms with van der Waals surface area (Å²) in [6.07, 6.45) is 0.941. The number of aromatic nitrogens is 1. The monoisotopic (exact) mass is 544 g/mol. The number of carbonyl (C=O) groups excluding carboxylic acids is 1. The van der Waals surface area contributed by atoms with Crippen molar-refractivity contribution in [3.63, 3.8) is 0 Å². The van der Waals surface area contributed by atoms with Crippen molar-refractivity contribution in [2.45, 2.75) is 18.9 Å². The first-order chi connectivity index (χ1) is 19.3. The van der Waals surface area contributed by atoms with Gasteiger partial charge in [-0.25, -0.2) is 0 Å². The smallest absolute Gasteiger partial charge is 0.293 e. The number of anilines is 2. The second-order valence-corrected chi connectivity index (χ2v) is 10.6. The standard InChI is InChI=1S/C28H28N6O6/c35-27-3-1-2-24-21-14-19(17-32(24)27)16-31(18-21)25-9-4-20(15-26(25)34(39)40)28(36)30-12-10-29(11-13-30)22-5-7-23(8-6-22)33(37)38/h1-9,15,19,21H,10-14,16-18H2/t19-,21+/m1/s1. The summed E-state index contributed by atoms with van der Waals surface area (Å²) in [4.78, 5) is 53.6. The minimum absolute atomic E-state index is 0.0110. The second kappa shape index (κ2) is 10.1. The van der Waals surface area contributed by atoms with E-state index < -0.39 is 9.85 Å². The lowest BCUT2D eigenvalue weighted by molar-refractivity contribution is -0.384. The van der Waals surface area contributed by atoms with E-state index in [4.69, 9.17) is 0 Å². The molecule has 0 N–H and O–H groups in total. The van der Waals surface area contributed by atoms with Gasteiger partial charge in [-0.15, -0.1) is 0 Å². The number of pyridine rings is 1. The molecule has 2 aromatic carbocycles. The number of fused-ring (bicyclic) bond motifs is 4. The van der Waals surface area contributed by atoms with Gasteiger partial charge in [0.15, 0.2) is 0 Å². The van der Waals surface area contributed by atoms with E-state index in [1.54, 1.807) is 41.3 Å². The highest BCUT2D eigenvalue weighted by molar-refractivity contribution is 5.96. The van der Waals surface area contributed by atoms with Gasteiger partial charge in [-0.1, -0.05) is 6.07 Å². The third-order valence-corrected chi connectivity index (χ3v) is 8.23. The van der Waals surface area contributed by atoms with Crippen LogP contribution < -0.4 is 15.4 Å². The van der Waals surface area contributed by atoms with Crippen molar-refractivity contribution in [2.24, 2.45) is 5.92 Å². The van der Waals surface area contributed by atoms with E-state index in [-0.39, 0.29) is 40.2 Å². The van der Waals surface area contributed by atoms with Crippen LogP contribution >= 0.6 is 0 Å². The third kappa shape index (κ3) is 4.65. The van der Waals surface area contributed by atoms with Crippen LogP contribution in [-0.4, -0.2) is 64.5 Å². The molecule has 1 amide bonds. The third-order valence-electron chi connectivity index (χ3n) is 8.23. The molecule has 6 rings (SSSR count). The summed E-state index contributed by atoms with van der Waals surface area (Å²) < 4.78 is 1.83. The van der Waals surface area contributed by atoms with Crippen molar-refractivity contribution >= 4 is 28.7 Å². The minimum Gasteiger partial charge on any atom is -0.368 e. The highest BCUT2D eigenvalue weighted by Crippen LogP contribution is 2.40. The molecule has 4 heterocycles. The van der Waals surface area contributed by atoms with Crippen LogP contribution in [0.5, 0.6) is 0 Å². The molecule has 2 fully saturated rings. The SMILES string of the molecule is O=C(c1ccc(N2C[C@H]3C[C@@H](C2)c2cccc(=O)n2C3)c([N+](=O)[O-])c1)N1CCN(c2ccc([N+](=O)[O-])cc2)CC1. The van der Waals surface area contributed by atoms with Gasteiger partial charge >= 0.3 is 0 Å². The number of hydrogen-bond donors (Lipinski definition) is 0. The number of nitro groups is 2. The number of nitrogens with zero attached hydrogens (tertiary/aromatic N) is 6. The van der Waals surface area contributed by atoms with Gasteiger partial charge in [-0.05, 0) is 42.7 Å². The first kappa shape index (κ1) is 25.5. The zero-order valence-corrected chi connectivity index (χ0v) is 21.7. The van der Waals surface area contributed by atoms with Crippen molar-refractivity contribution in [2.75, 3.05) is 49.1 Å². The fraction of sp³-hybridized carbons (Fsp3) is 0.357. The van der Waals surface area contributed by atoms with Crippen LogP contribution in [0.1, 0.15) is 28.4 Å². The minimum atomic E-state index is -0.441. The topological polar surface area (TPSA) is 135 Å². The molecule has 12 heteroatoms. The van der Waals surface area contributed by atoms with Gasteiger partial charge in [0.25, 0.3) is 22.8 Å². The molecule has 2 bridgehead atoms. The van der Waals surface area contributed by atoms with Crippen LogP contribution in [0.3, 0.4) is 0 Å². The summed E-state index contributed by atoms with van der Waals surface area (Å²) >= 11 is 0. The number of non-ortho nitro benzene ring substituents is 1. The Morgan fingerprint density at radius 1 is 0.825 bits per heavy atom. The normalized spacial score (nSPS) is 20.1. The maximum atomic E-state index is 13.3. The number of nitro benzene ring substituents is 2. The van der Waals surface area contributed by atoms with Gasteiger partial charge in [-0.3, -0.25) is 29.8 Å². The van der Waals surface area contributed by atoms with Crippen LogP contribution in [-0.2, 0) is 6.54 Å². The number of rotatable bonds is 5. The predicted octanol–water partition coefficient (Wildman–Crippen LogP) is 3.25.